The summed E-state index contributed by atoms with van der Waals surface area (Å²) in [5.41, 5.74) is 1.26. The fourth-order valence-corrected chi connectivity index (χ4v) is 0.426. The first-order valence-corrected chi connectivity index (χ1v) is 2.26. The number of aromatic nitrogens is 1. The number of aryl methyl sites for hydroxylation is 1. The molecular weight excluding hydrogens is 336 g/mol. The van der Waals surface area contributed by atoms with E-state index in [-0.39, 0.29) is 38.5 Å². The van der Waals surface area contributed by atoms with Crippen LogP contribution >= 0.6 is 0 Å². The summed E-state index contributed by atoms with van der Waals surface area (Å²) in [5.74, 6) is 0. The molecule has 0 atom stereocenters. The first-order chi connectivity index (χ1) is 3.39. The molecule has 0 unspecified atom stereocenters. The van der Waals surface area contributed by atoms with Crippen LogP contribution in [0, 0.1) is 45.5 Å². The Bertz CT molecular complexity index is 139. The number of pyridine rings is 1. The van der Waals surface area contributed by atoms with Gasteiger partial charge >= 0.3 is 0 Å². The van der Waals surface area contributed by atoms with Gasteiger partial charge in [0.1, 0.15) is 0 Å². The summed E-state index contributed by atoms with van der Waals surface area (Å²) in [6.07, 6.45) is 3.57. The summed E-state index contributed by atoms with van der Waals surface area (Å²) in [6.45, 7) is 2.04. The van der Waals surface area contributed by atoms with Crippen LogP contribution < -0.4 is 0 Å². The molecule has 48 valence electrons. The van der Waals surface area contributed by atoms with E-state index in [4.69, 9.17) is 0 Å². The minimum absolute atomic E-state index is 0. The van der Waals surface area contributed by atoms with Gasteiger partial charge in [-0.15, -0.1) is 0 Å². The standard InChI is InChI=1S/C6H7N.CH3.U/c1-6-2-4-7-5-3-6;;/h2-5H,1H3;1H3;/q;-1;. The van der Waals surface area contributed by atoms with Crippen LogP contribution in [0.1, 0.15) is 5.56 Å². The quantitative estimate of drug-likeness (QED) is 0.654. The van der Waals surface area contributed by atoms with E-state index in [9.17, 15) is 0 Å². The third kappa shape index (κ3) is 4.69. The van der Waals surface area contributed by atoms with Crippen molar-refractivity contribution in [3.8, 4) is 0 Å². The molecule has 1 nitrogen and oxygen atoms in total. The second-order valence-electron chi connectivity index (χ2n) is 1.52. The molecule has 0 aromatic carbocycles. The normalized spacial score (nSPS) is 6.78. The molecule has 1 heterocycles. The van der Waals surface area contributed by atoms with E-state index < -0.39 is 0 Å². The first-order valence-electron chi connectivity index (χ1n) is 2.26. The molecule has 9 heavy (non-hydrogen) atoms. The van der Waals surface area contributed by atoms with E-state index in [1.54, 1.807) is 12.4 Å². The summed E-state index contributed by atoms with van der Waals surface area (Å²) in [7, 11) is 0. The van der Waals surface area contributed by atoms with E-state index >= 15 is 0 Å². The molecule has 0 spiro atoms. The molecule has 0 aliphatic heterocycles. The Kier molecular flexibility index (Phi) is 8.39. The third-order valence-corrected chi connectivity index (χ3v) is 0.847. The van der Waals surface area contributed by atoms with Crippen LogP contribution in [0.25, 0.3) is 0 Å². The maximum absolute atomic E-state index is 3.85. The minimum atomic E-state index is 0. The van der Waals surface area contributed by atoms with Crippen molar-refractivity contribution >= 4 is 0 Å². The molecule has 1 aromatic rings. The van der Waals surface area contributed by atoms with Crippen molar-refractivity contribution in [1.82, 2.24) is 4.98 Å². The summed E-state index contributed by atoms with van der Waals surface area (Å²) in [4.78, 5) is 3.85. The summed E-state index contributed by atoms with van der Waals surface area (Å²) < 4.78 is 0. The van der Waals surface area contributed by atoms with Crippen LogP contribution in [0.2, 0.25) is 0 Å². The Labute approximate surface area is 80.3 Å². The number of nitrogens with zero attached hydrogens (tertiary/aromatic N) is 1. The van der Waals surface area contributed by atoms with Gasteiger partial charge in [0.15, 0.2) is 0 Å². The van der Waals surface area contributed by atoms with E-state index in [1.807, 2.05) is 19.1 Å². The maximum Gasteiger partial charge on any atom is 0.0270 e. The van der Waals surface area contributed by atoms with E-state index in [0.29, 0.717) is 0 Å². The zero-order chi connectivity index (χ0) is 5.11. The van der Waals surface area contributed by atoms with Gasteiger partial charge in [-0.3, -0.25) is 4.98 Å². The topological polar surface area (TPSA) is 12.9 Å². The fraction of sp³-hybridized carbons (Fsp3) is 0.143. The van der Waals surface area contributed by atoms with Gasteiger partial charge in [-0.25, -0.2) is 0 Å². The van der Waals surface area contributed by atoms with Crippen molar-refractivity contribution in [2.45, 2.75) is 6.92 Å². The Hall–Kier alpha value is 0.202. The molecule has 0 fully saturated rings. The van der Waals surface area contributed by atoms with Crippen LogP contribution in [0.3, 0.4) is 0 Å². The molecule has 0 saturated heterocycles. The molecule has 0 radical (unpaired) electrons. The van der Waals surface area contributed by atoms with Gasteiger partial charge in [0, 0.05) is 43.5 Å². The van der Waals surface area contributed by atoms with Crippen molar-refractivity contribution in [3.05, 3.63) is 37.5 Å². The van der Waals surface area contributed by atoms with Crippen molar-refractivity contribution in [1.29, 1.82) is 0 Å². The summed E-state index contributed by atoms with van der Waals surface area (Å²) in [6, 6.07) is 3.94. The fourth-order valence-electron chi connectivity index (χ4n) is 0.426. The van der Waals surface area contributed by atoms with Gasteiger partial charge in [0.05, 0.1) is 0 Å². The SMILES string of the molecule is Cc1ccncc1.[CH3-].[U]. The number of rotatable bonds is 0. The zero-order valence-corrected chi connectivity index (χ0v) is 9.92. The van der Waals surface area contributed by atoms with Crippen LogP contribution in [-0.2, 0) is 0 Å². The van der Waals surface area contributed by atoms with Crippen LogP contribution in [0.15, 0.2) is 24.5 Å². The Morgan fingerprint density at radius 3 is 1.89 bits per heavy atom. The second kappa shape index (κ2) is 6.32. The van der Waals surface area contributed by atoms with Crippen LogP contribution in [-0.4, -0.2) is 4.98 Å². The van der Waals surface area contributed by atoms with Crippen LogP contribution in [0.4, 0.5) is 0 Å². The van der Waals surface area contributed by atoms with E-state index in [1.165, 1.54) is 5.56 Å². The molecule has 0 aliphatic rings. The smallest absolute Gasteiger partial charge is 0.0270 e. The Balaban J connectivity index is 0. The average Bonchev–Trinajstić information content (AvgIpc) is 1.69. The Morgan fingerprint density at radius 1 is 1.22 bits per heavy atom. The first kappa shape index (κ1) is 11.9. The second-order valence-corrected chi connectivity index (χ2v) is 1.52. The molecule has 0 aliphatic carbocycles. The van der Waals surface area contributed by atoms with Crippen molar-refractivity contribution in [3.63, 3.8) is 0 Å². The van der Waals surface area contributed by atoms with Gasteiger partial charge in [-0.1, -0.05) is 0 Å². The molecule has 0 N–H and O–H groups in total. The molecule has 0 amide bonds. The molecule has 1 aromatic heterocycles. The van der Waals surface area contributed by atoms with Crippen molar-refractivity contribution in [2.75, 3.05) is 0 Å². The number of hydrogen-bond acceptors (Lipinski definition) is 1. The van der Waals surface area contributed by atoms with Gasteiger partial charge in [-0.05, 0) is 24.6 Å². The monoisotopic (exact) mass is 346 g/mol. The van der Waals surface area contributed by atoms with Gasteiger partial charge in [-0.2, -0.15) is 0 Å². The molecule has 2 heteroatoms. The average molecular weight is 346 g/mol. The molecule has 0 saturated carbocycles. The molecular formula is C7H10NU-. The van der Waals surface area contributed by atoms with Crippen molar-refractivity contribution in [2.24, 2.45) is 0 Å². The largest absolute Gasteiger partial charge is 0.358 e. The van der Waals surface area contributed by atoms with Crippen LogP contribution in [0.5, 0.6) is 0 Å². The van der Waals surface area contributed by atoms with Gasteiger partial charge in [0.25, 0.3) is 0 Å². The van der Waals surface area contributed by atoms with E-state index in [0.717, 1.165) is 0 Å². The zero-order valence-electron chi connectivity index (χ0n) is 5.76. The van der Waals surface area contributed by atoms with Gasteiger partial charge < -0.3 is 7.43 Å². The molecule has 0 bridgehead atoms. The minimum Gasteiger partial charge on any atom is -0.358 e. The third-order valence-electron chi connectivity index (χ3n) is 0.847. The molecule has 1 rings (SSSR count). The Morgan fingerprint density at radius 2 is 1.67 bits per heavy atom. The number of hydrogen-bond donors (Lipinski definition) is 0. The van der Waals surface area contributed by atoms with E-state index in [2.05, 4.69) is 4.98 Å². The van der Waals surface area contributed by atoms with Gasteiger partial charge in [0.2, 0.25) is 0 Å². The van der Waals surface area contributed by atoms with Crippen molar-refractivity contribution < 1.29 is 31.1 Å². The maximum atomic E-state index is 3.85. The summed E-state index contributed by atoms with van der Waals surface area (Å²) in [5, 5.41) is 0. The predicted molar refractivity (Wildman–Crippen MR) is 35.4 cm³/mol. The summed E-state index contributed by atoms with van der Waals surface area (Å²) >= 11 is 0. The predicted octanol–water partition coefficient (Wildman–Crippen LogP) is 1.84.